The van der Waals surface area contributed by atoms with E-state index in [2.05, 4.69) is 0 Å². The molecule has 0 spiro atoms. The van der Waals surface area contributed by atoms with Crippen molar-refractivity contribution in [2.75, 3.05) is 0 Å². The van der Waals surface area contributed by atoms with Gasteiger partial charge in [0.05, 0.1) is 10.0 Å². The van der Waals surface area contributed by atoms with Gasteiger partial charge in [0, 0.05) is 28.1 Å². The largest absolute Gasteiger partial charge is 0.486 e. The molecule has 0 amide bonds. The summed E-state index contributed by atoms with van der Waals surface area (Å²) in [5.41, 5.74) is 2.83. The monoisotopic (exact) mass is 474 g/mol. The predicted octanol–water partition coefficient (Wildman–Crippen LogP) is 7.78. The van der Waals surface area contributed by atoms with Gasteiger partial charge in [0.15, 0.2) is 5.75 Å². The summed E-state index contributed by atoms with van der Waals surface area (Å²) in [4.78, 5) is 1.05. The van der Waals surface area contributed by atoms with Crippen LogP contribution in [0.2, 0.25) is 15.1 Å². The van der Waals surface area contributed by atoms with E-state index in [4.69, 9.17) is 44.6 Å². The van der Waals surface area contributed by atoms with Crippen molar-refractivity contribution in [2.45, 2.75) is 16.5 Å². The van der Waals surface area contributed by atoms with Crippen LogP contribution >= 0.6 is 46.6 Å². The molecule has 0 aliphatic rings. The van der Waals surface area contributed by atoms with Crippen molar-refractivity contribution in [3.05, 3.63) is 93.4 Å². The second kappa shape index (κ2) is 9.36. The first-order chi connectivity index (χ1) is 14.5. The van der Waals surface area contributed by atoms with Gasteiger partial charge in [-0.1, -0.05) is 83.0 Å². The lowest BCUT2D eigenvalue weighted by molar-refractivity contribution is 0.303. The zero-order chi connectivity index (χ0) is 21.1. The molecule has 0 fully saturated rings. The molecular weight excluding hydrogens is 459 g/mol. The van der Waals surface area contributed by atoms with Gasteiger partial charge in [0.1, 0.15) is 17.3 Å². The minimum atomic E-state index is 0.275. The van der Waals surface area contributed by atoms with Crippen molar-refractivity contribution < 1.29 is 4.74 Å². The van der Waals surface area contributed by atoms with E-state index in [-0.39, 0.29) is 6.61 Å². The maximum absolute atomic E-state index is 6.29. The lowest BCUT2D eigenvalue weighted by atomic mass is 10.1. The van der Waals surface area contributed by atoms with Crippen LogP contribution in [0, 0.1) is 0 Å². The molecule has 0 N–H and O–H groups in total. The van der Waals surface area contributed by atoms with E-state index >= 15 is 0 Å². The maximum Gasteiger partial charge on any atom is 0.156 e. The van der Waals surface area contributed by atoms with Gasteiger partial charge < -0.3 is 4.74 Å². The summed E-state index contributed by atoms with van der Waals surface area (Å²) >= 11 is 20.2. The highest BCUT2D eigenvalue weighted by molar-refractivity contribution is 7.99. The average Bonchev–Trinajstić information content (AvgIpc) is 3.05. The lowest BCUT2D eigenvalue weighted by Gasteiger charge is -2.12. The van der Waals surface area contributed by atoms with E-state index in [0.717, 1.165) is 26.7 Å². The number of para-hydroxylation sites is 1. The molecular formula is C23H17Cl3N2OS. The summed E-state index contributed by atoms with van der Waals surface area (Å²) in [7, 11) is 1.93. The molecule has 0 bridgehead atoms. The Labute approximate surface area is 194 Å². The normalized spacial score (nSPS) is 10.9. The number of benzene rings is 3. The summed E-state index contributed by atoms with van der Waals surface area (Å²) in [6, 6.07) is 23.0. The molecule has 0 aliphatic heterocycles. The third-order valence-electron chi connectivity index (χ3n) is 4.44. The quantitative estimate of drug-likeness (QED) is 0.285. The zero-order valence-corrected chi connectivity index (χ0v) is 19.1. The molecule has 0 aliphatic carbocycles. The highest BCUT2D eigenvalue weighted by Gasteiger charge is 2.20. The molecule has 7 heteroatoms. The fourth-order valence-corrected chi connectivity index (χ4v) is 4.60. The van der Waals surface area contributed by atoms with Crippen LogP contribution < -0.4 is 4.74 Å². The number of ether oxygens (including phenoxy) is 1. The molecule has 30 heavy (non-hydrogen) atoms. The number of aryl methyl sites for hydroxylation is 1. The number of rotatable bonds is 6. The van der Waals surface area contributed by atoms with Crippen molar-refractivity contribution in [1.29, 1.82) is 0 Å². The third kappa shape index (κ3) is 4.62. The second-order valence-corrected chi connectivity index (χ2v) is 8.83. The van der Waals surface area contributed by atoms with Crippen molar-refractivity contribution in [2.24, 2.45) is 7.05 Å². The van der Waals surface area contributed by atoms with Crippen molar-refractivity contribution in [3.8, 4) is 17.0 Å². The van der Waals surface area contributed by atoms with E-state index in [1.54, 1.807) is 30.0 Å². The van der Waals surface area contributed by atoms with Gasteiger partial charge in [-0.3, -0.25) is 4.68 Å². The van der Waals surface area contributed by atoms with E-state index in [1.165, 1.54) is 0 Å². The van der Waals surface area contributed by atoms with Crippen LogP contribution in [0.5, 0.6) is 5.75 Å². The molecule has 0 saturated heterocycles. The Morgan fingerprint density at radius 1 is 0.867 bits per heavy atom. The van der Waals surface area contributed by atoms with E-state index in [0.29, 0.717) is 20.8 Å². The molecule has 1 heterocycles. The van der Waals surface area contributed by atoms with E-state index in [9.17, 15) is 0 Å². The topological polar surface area (TPSA) is 27.1 Å². The molecule has 152 valence electrons. The summed E-state index contributed by atoms with van der Waals surface area (Å²) in [5.74, 6) is 0.464. The Hall–Kier alpha value is -2.11. The smallest absolute Gasteiger partial charge is 0.156 e. The van der Waals surface area contributed by atoms with Gasteiger partial charge in [-0.2, -0.15) is 5.10 Å². The van der Waals surface area contributed by atoms with Gasteiger partial charge in [-0.25, -0.2) is 0 Å². The van der Waals surface area contributed by atoms with Crippen LogP contribution in [0.25, 0.3) is 11.3 Å². The van der Waals surface area contributed by atoms with Gasteiger partial charge in [-0.15, -0.1) is 0 Å². The van der Waals surface area contributed by atoms with Crippen LogP contribution in [0.1, 0.15) is 5.56 Å². The minimum Gasteiger partial charge on any atom is -0.486 e. The first kappa shape index (κ1) is 21.1. The fourth-order valence-electron chi connectivity index (χ4n) is 3.02. The fraction of sp³-hybridized carbons (Fsp3) is 0.0870. The SMILES string of the molecule is Cn1nc(-c2ccccc2)c(COc2c(Cl)cccc2Cl)c1Sc1ccc(Cl)cc1. The summed E-state index contributed by atoms with van der Waals surface area (Å²) in [6.07, 6.45) is 0. The maximum atomic E-state index is 6.29. The van der Waals surface area contributed by atoms with E-state index in [1.807, 2.05) is 66.3 Å². The van der Waals surface area contributed by atoms with Gasteiger partial charge >= 0.3 is 0 Å². The molecule has 4 rings (SSSR count). The van der Waals surface area contributed by atoms with Crippen LogP contribution in [-0.2, 0) is 13.7 Å². The van der Waals surface area contributed by atoms with E-state index < -0.39 is 0 Å². The van der Waals surface area contributed by atoms with Gasteiger partial charge in [-0.05, 0) is 36.4 Å². The van der Waals surface area contributed by atoms with Crippen LogP contribution in [0.3, 0.4) is 0 Å². The Morgan fingerprint density at radius 2 is 1.53 bits per heavy atom. The number of aromatic nitrogens is 2. The van der Waals surface area contributed by atoms with Gasteiger partial charge in [0.2, 0.25) is 0 Å². The molecule has 0 atom stereocenters. The zero-order valence-electron chi connectivity index (χ0n) is 16.0. The van der Waals surface area contributed by atoms with Crippen LogP contribution in [-0.4, -0.2) is 9.78 Å². The molecule has 3 aromatic carbocycles. The Balaban J connectivity index is 1.74. The summed E-state index contributed by atoms with van der Waals surface area (Å²) in [5, 5.41) is 7.39. The highest BCUT2D eigenvalue weighted by Crippen LogP contribution is 2.38. The minimum absolute atomic E-state index is 0.275. The van der Waals surface area contributed by atoms with Crippen molar-refractivity contribution >= 4 is 46.6 Å². The molecule has 4 aromatic rings. The number of halogens is 3. The van der Waals surface area contributed by atoms with Gasteiger partial charge in [0.25, 0.3) is 0 Å². The second-order valence-electron chi connectivity index (χ2n) is 6.52. The number of nitrogens with zero attached hydrogens (tertiary/aromatic N) is 2. The first-order valence-corrected chi connectivity index (χ1v) is 11.1. The Bertz CT molecular complexity index is 1140. The average molecular weight is 476 g/mol. The molecule has 0 radical (unpaired) electrons. The predicted molar refractivity (Wildman–Crippen MR) is 125 cm³/mol. The lowest BCUT2D eigenvalue weighted by Crippen LogP contribution is -2.00. The first-order valence-electron chi connectivity index (χ1n) is 9.14. The Morgan fingerprint density at radius 3 is 2.20 bits per heavy atom. The Kier molecular flexibility index (Phi) is 6.59. The van der Waals surface area contributed by atoms with Crippen LogP contribution in [0.4, 0.5) is 0 Å². The number of hydrogen-bond donors (Lipinski definition) is 0. The van der Waals surface area contributed by atoms with Crippen molar-refractivity contribution in [1.82, 2.24) is 9.78 Å². The molecule has 3 nitrogen and oxygen atoms in total. The molecule has 0 saturated carbocycles. The van der Waals surface area contributed by atoms with Crippen LogP contribution in [0.15, 0.2) is 82.7 Å². The molecule has 0 unspecified atom stereocenters. The summed E-state index contributed by atoms with van der Waals surface area (Å²) < 4.78 is 7.94. The highest BCUT2D eigenvalue weighted by atomic mass is 35.5. The summed E-state index contributed by atoms with van der Waals surface area (Å²) in [6.45, 7) is 0.275. The standard InChI is InChI=1S/C23H17Cl3N2OS/c1-28-23(30-17-12-10-16(24)11-13-17)18(21(27-28)15-6-3-2-4-7-15)14-29-22-19(25)8-5-9-20(22)26/h2-13H,14H2,1H3. The van der Waals surface area contributed by atoms with Crippen molar-refractivity contribution in [3.63, 3.8) is 0 Å². The number of hydrogen-bond acceptors (Lipinski definition) is 3. The third-order valence-corrected chi connectivity index (χ3v) is 6.50. The molecule has 1 aromatic heterocycles.